The number of benzene rings is 2. The SMILES string of the molecule is O=C(Nc1ccc2[nH]cc(C3CCN4CCCCC4C3)c2c1)c1ccco1.O=C(Nc1ccc2occ(C3CCN4CCCC4C3)c2c1)c1ccco1. The lowest BCUT2D eigenvalue weighted by Gasteiger charge is -2.42. The van der Waals surface area contributed by atoms with Gasteiger partial charge in [0.2, 0.25) is 0 Å². The topological polar surface area (TPSA) is 120 Å². The van der Waals surface area contributed by atoms with Crippen molar-refractivity contribution in [1.82, 2.24) is 14.8 Å². The van der Waals surface area contributed by atoms with Crippen LogP contribution in [-0.4, -0.2) is 64.9 Å². The molecule has 0 bridgehead atoms. The van der Waals surface area contributed by atoms with E-state index in [2.05, 4.69) is 37.7 Å². The largest absolute Gasteiger partial charge is 0.464 e. The normalized spacial score (nSPS) is 23.2. The van der Waals surface area contributed by atoms with E-state index in [1.54, 1.807) is 24.3 Å². The van der Waals surface area contributed by atoms with E-state index >= 15 is 0 Å². The Morgan fingerprint density at radius 3 is 1.94 bits per heavy atom. The Hall–Kier alpha value is -5.06. The minimum absolute atomic E-state index is 0.216. The average molecular weight is 714 g/mol. The number of H-pyrrole nitrogens is 1. The van der Waals surface area contributed by atoms with E-state index in [0.29, 0.717) is 23.4 Å². The van der Waals surface area contributed by atoms with Crippen LogP contribution in [-0.2, 0) is 0 Å². The first kappa shape index (κ1) is 33.8. The van der Waals surface area contributed by atoms with Crippen LogP contribution in [0.1, 0.15) is 102 Å². The third-order valence-electron chi connectivity index (χ3n) is 12.1. The molecule has 8 heterocycles. The molecule has 53 heavy (non-hydrogen) atoms. The van der Waals surface area contributed by atoms with Crippen LogP contribution in [0.5, 0.6) is 0 Å². The van der Waals surface area contributed by atoms with Crippen molar-refractivity contribution in [2.24, 2.45) is 0 Å². The minimum Gasteiger partial charge on any atom is -0.464 e. The second-order valence-electron chi connectivity index (χ2n) is 15.2. The van der Waals surface area contributed by atoms with Crippen LogP contribution in [0.25, 0.3) is 21.9 Å². The molecule has 4 saturated heterocycles. The minimum atomic E-state index is -0.237. The van der Waals surface area contributed by atoms with Crippen molar-refractivity contribution in [1.29, 1.82) is 0 Å². The molecule has 0 spiro atoms. The number of fused-ring (bicyclic) bond motifs is 4. The number of amides is 2. The highest BCUT2D eigenvalue weighted by molar-refractivity contribution is 6.04. The van der Waals surface area contributed by atoms with Crippen LogP contribution < -0.4 is 10.6 Å². The fourth-order valence-electron chi connectivity index (χ4n) is 9.38. The maximum atomic E-state index is 12.3. The number of furan rings is 3. The molecule has 4 aliphatic heterocycles. The van der Waals surface area contributed by atoms with E-state index in [0.717, 1.165) is 39.9 Å². The monoisotopic (exact) mass is 713 g/mol. The molecule has 2 amide bonds. The van der Waals surface area contributed by atoms with Gasteiger partial charge < -0.3 is 38.7 Å². The van der Waals surface area contributed by atoms with Crippen LogP contribution in [0.2, 0.25) is 0 Å². The third-order valence-corrected chi connectivity index (χ3v) is 12.1. The van der Waals surface area contributed by atoms with Gasteiger partial charge in [0.25, 0.3) is 11.8 Å². The van der Waals surface area contributed by atoms with Gasteiger partial charge in [-0.2, -0.15) is 0 Å². The molecule has 4 fully saturated rings. The molecule has 274 valence electrons. The van der Waals surface area contributed by atoms with Crippen LogP contribution in [0.15, 0.2) is 98.9 Å². The smallest absolute Gasteiger partial charge is 0.291 e. The first-order valence-corrected chi connectivity index (χ1v) is 19.4. The quantitative estimate of drug-likeness (QED) is 0.157. The first-order chi connectivity index (χ1) is 26.1. The molecule has 4 aliphatic rings. The third kappa shape index (κ3) is 7.05. The van der Waals surface area contributed by atoms with Gasteiger partial charge >= 0.3 is 0 Å². The second-order valence-corrected chi connectivity index (χ2v) is 15.2. The van der Waals surface area contributed by atoms with Gasteiger partial charge in [-0.25, -0.2) is 0 Å². The summed E-state index contributed by atoms with van der Waals surface area (Å²) in [7, 11) is 0. The predicted octanol–water partition coefficient (Wildman–Crippen LogP) is 9.37. The van der Waals surface area contributed by atoms with Crippen LogP contribution in [0.4, 0.5) is 11.4 Å². The number of aromatic amines is 1. The molecule has 4 aromatic heterocycles. The lowest BCUT2D eigenvalue weighted by molar-refractivity contribution is 0.0977. The number of piperidine rings is 3. The van der Waals surface area contributed by atoms with Gasteiger partial charge in [-0.05, 0) is 156 Å². The molecular weight excluding hydrogens is 667 g/mol. The van der Waals surface area contributed by atoms with Crippen molar-refractivity contribution >= 4 is 45.1 Å². The molecule has 10 nitrogen and oxygen atoms in total. The van der Waals surface area contributed by atoms with Gasteiger partial charge in [0.05, 0.1) is 18.8 Å². The number of nitrogens with zero attached hydrogens (tertiary/aromatic N) is 2. The number of carbonyl (C=O) groups excluding carboxylic acids is 2. The molecule has 2 aromatic carbocycles. The number of rotatable bonds is 6. The van der Waals surface area contributed by atoms with Gasteiger partial charge in [0.1, 0.15) is 5.58 Å². The molecule has 6 aromatic rings. The fourth-order valence-corrected chi connectivity index (χ4v) is 9.38. The van der Waals surface area contributed by atoms with E-state index in [-0.39, 0.29) is 11.8 Å². The number of anilines is 2. The molecular formula is C43H47N5O5. The maximum absolute atomic E-state index is 12.3. The summed E-state index contributed by atoms with van der Waals surface area (Å²) in [6, 6.07) is 20.1. The number of aromatic nitrogens is 1. The number of carbonyl (C=O) groups is 2. The molecule has 0 radical (unpaired) electrons. The fraction of sp³-hybridized carbons (Fsp3) is 0.395. The van der Waals surface area contributed by atoms with E-state index in [1.807, 2.05) is 36.6 Å². The highest BCUT2D eigenvalue weighted by Crippen LogP contribution is 2.41. The Morgan fingerprint density at radius 1 is 0.642 bits per heavy atom. The van der Waals surface area contributed by atoms with Crippen molar-refractivity contribution in [3.63, 3.8) is 0 Å². The summed E-state index contributed by atoms with van der Waals surface area (Å²) in [5.41, 5.74) is 6.25. The number of hydrogen-bond acceptors (Lipinski definition) is 7. The summed E-state index contributed by atoms with van der Waals surface area (Å²) in [6.07, 6.45) is 18.6. The van der Waals surface area contributed by atoms with Crippen LogP contribution in [0, 0.1) is 0 Å². The van der Waals surface area contributed by atoms with Gasteiger partial charge in [0.15, 0.2) is 11.5 Å². The summed E-state index contributed by atoms with van der Waals surface area (Å²) in [5.74, 6) is 1.31. The van der Waals surface area contributed by atoms with E-state index in [4.69, 9.17) is 13.3 Å². The molecule has 4 atom stereocenters. The van der Waals surface area contributed by atoms with E-state index in [1.165, 1.54) is 113 Å². The Kier molecular flexibility index (Phi) is 9.40. The first-order valence-electron chi connectivity index (χ1n) is 19.4. The second kappa shape index (κ2) is 14.8. The van der Waals surface area contributed by atoms with Gasteiger partial charge in [0, 0.05) is 51.5 Å². The Bertz CT molecular complexity index is 2180. The zero-order valence-corrected chi connectivity index (χ0v) is 30.0. The zero-order valence-electron chi connectivity index (χ0n) is 30.0. The predicted molar refractivity (Wildman–Crippen MR) is 206 cm³/mol. The Morgan fingerprint density at radius 2 is 1.26 bits per heavy atom. The lowest BCUT2D eigenvalue weighted by Crippen LogP contribution is -2.44. The van der Waals surface area contributed by atoms with Gasteiger partial charge in [-0.1, -0.05) is 6.42 Å². The van der Waals surface area contributed by atoms with Gasteiger partial charge in [-0.15, -0.1) is 0 Å². The van der Waals surface area contributed by atoms with Crippen molar-refractivity contribution in [2.45, 2.75) is 81.7 Å². The number of nitrogens with one attached hydrogen (secondary N) is 3. The molecule has 0 saturated carbocycles. The lowest BCUT2D eigenvalue weighted by atomic mass is 9.82. The average Bonchev–Trinajstić information content (AvgIpc) is 4.04. The van der Waals surface area contributed by atoms with E-state index in [9.17, 15) is 9.59 Å². The van der Waals surface area contributed by atoms with Crippen LogP contribution in [0.3, 0.4) is 0 Å². The summed E-state index contributed by atoms with van der Waals surface area (Å²) in [6.45, 7) is 4.91. The van der Waals surface area contributed by atoms with Crippen molar-refractivity contribution in [3.8, 4) is 0 Å². The van der Waals surface area contributed by atoms with Crippen molar-refractivity contribution in [2.75, 3.05) is 36.8 Å². The highest BCUT2D eigenvalue weighted by atomic mass is 16.3. The molecule has 0 aliphatic carbocycles. The van der Waals surface area contributed by atoms with E-state index < -0.39 is 0 Å². The number of hydrogen-bond donors (Lipinski definition) is 3. The van der Waals surface area contributed by atoms with Crippen molar-refractivity contribution < 1.29 is 22.8 Å². The summed E-state index contributed by atoms with van der Waals surface area (Å²) in [5, 5.41) is 8.19. The summed E-state index contributed by atoms with van der Waals surface area (Å²) >= 11 is 0. The van der Waals surface area contributed by atoms with Gasteiger partial charge in [-0.3, -0.25) is 9.59 Å². The molecule has 3 N–H and O–H groups in total. The molecule has 10 rings (SSSR count). The maximum Gasteiger partial charge on any atom is 0.291 e. The zero-order chi connectivity index (χ0) is 35.7. The standard InChI is InChI=1S/C22H25N3O2.C21H22N2O3/c26-22(21-5-3-11-27-21)24-16-6-7-20-18(13-16)19(14-23-20)15-8-10-25-9-2-1-4-17(25)12-15;24-21(20-4-2-10-25-20)22-15-5-6-19-17(12-15)18(13-26-19)14-7-9-23-8-1-3-16(23)11-14/h3,5-7,11,13-15,17,23H,1-2,4,8-10,12H2,(H,24,26);2,4-6,10,12-14,16H,1,3,7-9,11H2,(H,22,24). The van der Waals surface area contributed by atoms with Crippen molar-refractivity contribution in [3.05, 3.63) is 108 Å². The van der Waals surface area contributed by atoms with Crippen LogP contribution >= 0.6 is 0 Å². The Balaban J connectivity index is 0.000000141. The molecule has 10 heteroatoms. The highest BCUT2D eigenvalue weighted by Gasteiger charge is 2.34. The summed E-state index contributed by atoms with van der Waals surface area (Å²) in [4.78, 5) is 33.2. The summed E-state index contributed by atoms with van der Waals surface area (Å²) < 4.78 is 16.2. The Labute approximate surface area is 308 Å². The molecule has 4 unspecified atom stereocenters.